The average molecular weight is 554 g/mol. The van der Waals surface area contributed by atoms with Gasteiger partial charge in [0, 0.05) is 12.8 Å². The van der Waals surface area contributed by atoms with Gasteiger partial charge in [-0.15, -0.1) is 18.3 Å². The monoisotopic (exact) mass is 552 g/mol. The minimum absolute atomic E-state index is 0.108. The zero-order chi connectivity index (χ0) is 27.9. The summed E-state index contributed by atoms with van der Waals surface area (Å²) < 4.78 is 0. The van der Waals surface area contributed by atoms with Gasteiger partial charge < -0.3 is 10.2 Å². The van der Waals surface area contributed by atoms with E-state index in [1.165, 1.54) is 0 Å². The summed E-state index contributed by atoms with van der Waals surface area (Å²) in [5.41, 5.74) is 0. The van der Waals surface area contributed by atoms with Gasteiger partial charge in [-0.2, -0.15) is 0 Å². The van der Waals surface area contributed by atoms with Crippen LogP contribution in [-0.4, -0.2) is 28.8 Å². The van der Waals surface area contributed by atoms with Crippen LogP contribution in [0.2, 0.25) is 0 Å². The largest absolute Gasteiger partial charge is 0.384 e. The second kappa shape index (κ2) is 42.2. The van der Waals surface area contributed by atoms with E-state index in [0.29, 0.717) is 50.3 Å². The molecule has 0 amide bonds. The van der Waals surface area contributed by atoms with Crippen molar-refractivity contribution < 1.29 is 10.2 Å². The smallest absolute Gasteiger partial charge is 0.104 e. The first-order chi connectivity index (χ1) is 18.2. The maximum Gasteiger partial charge on any atom is 0.104 e. The van der Waals surface area contributed by atoms with Crippen LogP contribution in [0.3, 0.4) is 0 Å². The van der Waals surface area contributed by atoms with Crippen LogP contribution in [0.15, 0.2) is 0 Å². The molecule has 2 nitrogen and oxygen atoms in total. The molecule has 0 aliphatic rings. The Kier molecular flexibility index (Phi) is 42.8. The molecule has 0 fully saturated rings. The van der Waals surface area contributed by atoms with Crippen LogP contribution in [0, 0.1) is 119 Å². The van der Waals surface area contributed by atoms with Crippen LogP contribution in [0.5, 0.6) is 0 Å². The van der Waals surface area contributed by atoms with Gasteiger partial charge in [0.15, 0.2) is 0 Å². The topological polar surface area (TPSA) is 40.5 Å². The predicted molar refractivity (Wildman–Crippen MR) is 160 cm³/mol. The average Bonchev–Trinajstić information content (AvgIpc) is 2.92. The second-order valence-corrected chi connectivity index (χ2v) is 6.34. The minimum atomic E-state index is -0.153. The van der Waals surface area contributed by atoms with E-state index in [1.54, 1.807) is 0 Å². The number of hydrogen-bond donors (Lipinski definition) is 2. The highest BCUT2D eigenvalue weighted by molar-refractivity contribution is 9.09. The molecule has 0 atom stereocenters. The lowest BCUT2D eigenvalue weighted by molar-refractivity contribution is 0.350. The molecule has 0 saturated carbocycles. The van der Waals surface area contributed by atoms with Crippen molar-refractivity contribution in [3.8, 4) is 119 Å². The van der Waals surface area contributed by atoms with Crippen LogP contribution in [-0.2, 0) is 0 Å². The molecule has 0 spiro atoms. The van der Waals surface area contributed by atoms with E-state index in [2.05, 4.69) is 129 Å². The van der Waals surface area contributed by atoms with Crippen LogP contribution in [0.1, 0.15) is 71.6 Å². The molecule has 0 aliphatic heterocycles. The van der Waals surface area contributed by atoms with Gasteiger partial charge in [0.2, 0.25) is 0 Å². The number of rotatable bonds is 0. The van der Waals surface area contributed by atoms with E-state index in [4.69, 9.17) is 10.2 Å². The molecule has 0 saturated heterocycles. The minimum Gasteiger partial charge on any atom is -0.384 e. The van der Waals surface area contributed by atoms with Crippen LogP contribution in [0.4, 0.5) is 0 Å². The van der Waals surface area contributed by atoms with E-state index in [1.807, 2.05) is 19.8 Å². The summed E-state index contributed by atoms with van der Waals surface area (Å²) in [6.45, 7) is 3.78. The molecule has 0 aromatic rings. The second-order valence-electron chi connectivity index (χ2n) is 5.78. The standard InChI is InChI=1S/C17H16O.C14H13Br.C3H4O/c1-2-3-4-5-6-7-8-9-10-11-12-13-14-15-16-17-18;1-2-3-4-5-6-7-8-9-10-11-12-13-14-15;1-2-3-4/h18H,2,5,8,11,14,17H2,1H3;2,5,8,11,14H2,1H3;1,4H,3H2. The fraction of sp³-hybridized carbons (Fsp3) is 0.412. The van der Waals surface area contributed by atoms with Gasteiger partial charge in [0.1, 0.15) is 13.2 Å². The Morgan fingerprint density at radius 1 is 0.432 bits per heavy atom. The Morgan fingerprint density at radius 3 is 0.892 bits per heavy atom. The molecule has 0 aromatic heterocycles. The van der Waals surface area contributed by atoms with Crippen LogP contribution >= 0.6 is 15.9 Å². The van der Waals surface area contributed by atoms with Crippen molar-refractivity contribution >= 4 is 15.9 Å². The van der Waals surface area contributed by atoms with E-state index in [9.17, 15) is 0 Å². The number of aliphatic hydroxyl groups excluding tert-OH is 2. The van der Waals surface area contributed by atoms with Crippen LogP contribution in [0.25, 0.3) is 0 Å². The van der Waals surface area contributed by atoms with Gasteiger partial charge in [-0.05, 0) is 0 Å². The van der Waals surface area contributed by atoms with Crippen molar-refractivity contribution in [1.82, 2.24) is 0 Å². The first-order valence-corrected chi connectivity index (χ1v) is 12.7. The lowest BCUT2D eigenvalue weighted by Crippen LogP contribution is -1.70. The molecule has 0 radical (unpaired) electrons. The molecular formula is C34H33BrO2. The van der Waals surface area contributed by atoms with Crippen molar-refractivity contribution in [2.24, 2.45) is 0 Å². The number of hydrogen-bond acceptors (Lipinski definition) is 2. The molecule has 188 valence electrons. The molecule has 0 bridgehead atoms. The fourth-order valence-electron chi connectivity index (χ4n) is 1.54. The zero-order valence-electron chi connectivity index (χ0n) is 21.8. The molecule has 0 aliphatic carbocycles. The Hall–Kier alpha value is -4.00. The molecule has 0 aromatic carbocycles. The van der Waals surface area contributed by atoms with Crippen molar-refractivity contribution in [2.45, 2.75) is 71.6 Å². The summed E-state index contributed by atoms with van der Waals surface area (Å²) in [5.74, 6) is 54.1. The SMILES string of the molecule is C#CCO.CCC#CCC#CCC#CCC#CCBr.CCC#CCC#CCC#CCC#CCC#CCO. The normalized spacial score (nSPS) is 6.38. The summed E-state index contributed by atoms with van der Waals surface area (Å²) in [6.07, 6.45) is 10.4. The quantitative estimate of drug-likeness (QED) is 0.342. The summed E-state index contributed by atoms with van der Waals surface area (Å²) in [4.78, 5) is 0. The van der Waals surface area contributed by atoms with E-state index >= 15 is 0 Å². The van der Waals surface area contributed by atoms with Crippen molar-refractivity contribution in [3.05, 3.63) is 0 Å². The Bertz CT molecular complexity index is 1100. The van der Waals surface area contributed by atoms with Gasteiger partial charge in [-0.25, -0.2) is 0 Å². The van der Waals surface area contributed by atoms with E-state index < -0.39 is 0 Å². The first kappa shape index (κ1) is 37.5. The lowest BCUT2D eigenvalue weighted by Gasteiger charge is -1.74. The van der Waals surface area contributed by atoms with E-state index in [-0.39, 0.29) is 13.2 Å². The van der Waals surface area contributed by atoms with Gasteiger partial charge >= 0.3 is 0 Å². The Balaban J connectivity index is -0.000000551. The third kappa shape index (κ3) is 50.0. The highest BCUT2D eigenvalue weighted by Gasteiger charge is 1.71. The fourth-order valence-corrected chi connectivity index (χ4v) is 1.74. The maximum atomic E-state index is 8.39. The molecule has 0 heterocycles. The maximum absolute atomic E-state index is 8.39. The summed E-state index contributed by atoms with van der Waals surface area (Å²) >= 11 is 3.22. The molecule has 2 N–H and O–H groups in total. The summed E-state index contributed by atoms with van der Waals surface area (Å²) in [6, 6.07) is 0. The summed E-state index contributed by atoms with van der Waals surface area (Å²) in [5, 5.41) is 16.7. The van der Waals surface area contributed by atoms with Crippen molar-refractivity contribution in [3.63, 3.8) is 0 Å². The number of aliphatic hydroxyl groups is 2. The highest BCUT2D eigenvalue weighted by Crippen LogP contribution is 1.80. The molecule has 37 heavy (non-hydrogen) atoms. The van der Waals surface area contributed by atoms with Gasteiger partial charge in [0.25, 0.3) is 0 Å². The summed E-state index contributed by atoms with van der Waals surface area (Å²) in [7, 11) is 0. The Morgan fingerprint density at radius 2 is 0.676 bits per heavy atom. The van der Waals surface area contributed by atoms with Gasteiger partial charge in [-0.1, -0.05) is 130 Å². The van der Waals surface area contributed by atoms with Crippen molar-refractivity contribution in [2.75, 3.05) is 18.5 Å². The number of terminal acetylenes is 1. The van der Waals surface area contributed by atoms with Gasteiger partial charge in [-0.3, -0.25) is 0 Å². The highest BCUT2D eigenvalue weighted by atomic mass is 79.9. The third-order valence-corrected chi connectivity index (χ3v) is 3.23. The van der Waals surface area contributed by atoms with Crippen molar-refractivity contribution in [1.29, 1.82) is 0 Å². The van der Waals surface area contributed by atoms with E-state index in [0.717, 1.165) is 12.8 Å². The predicted octanol–water partition coefficient (Wildman–Crippen LogP) is 4.55. The lowest BCUT2D eigenvalue weighted by atomic mass is 10.3. The number of alkyl halides is 1. The zero-order valence-corrected chi connectivity index (χ0v) is 23.4. The third-order valence-electron chi connectivity index (χ3n) is 2.95. The molecule has 0 unspecified atom stereocenters. The first-order valence-electron chi connectivity index (χ1n) is 11.6. The van der Waals surface area contributed by atoms with Crippen LogP contribution < -0.4 is 0 Å². The Labute approximate surface area is 234 Å². The van der Waals surface area contributed by atoms with Gasteiger partial charge in [0.05, 0.1) is 50.3 Å². The molecular weight excluding hydrogens is 520 g/mol. The molecule has 3 heteroatoms. The molecule has 0 rings (SSSR count). The number of halogens is 1.